The lowest BCUT2D eigenvalue weighted by Gasteiger charge is -2.43. The molecule has 1 fully saturated rings. The minimum atomic E-state index is -0.442. The molecule has 30 heavy (non-hydrogen) atoms. The molecule has 1 amide bonds. The van der Waals surface area contributed by atoms with Crippen molar-refractivity contribution >= 4 is 36.4 Å². The number of thiol groups is 1. The lowest BCUT2D eigenvalue weighted by Crippen LogP contribution is -2.42. The van der Waals surface area contributed by atoms with Gasteiger partial charge in [0.25, 0.3) is 5.91 Å². The molecule has 0 saturated carbocycles. The minimum Gasteiger partial charge on any atom is -0.350 e. The third-order valence-electron chi connectivity index (χ3n) is 5.36. The number of piperidine rings is 1. The van der Waals surface area contributed by atoms with Crippen LogP contribution in [0.1, 0.15) is 42.1 Å². The molecular weight excluding hydrogens is 416 g/mol. The van der Waals surface area contributed by atoms with Gasteiger partial charge in [-0.25, -0.2) is 0 Å². The summed E-state index contributed by atoms with van der Waals surface area (Å²) >= 11 is 9.87. The monoisotopic (exact) mass is 446 g/mol. The van der Waals surface area contributed by atoms with Crippen molar-refractivity contribution in [3.8, 4) is 0 Å². The van der Waals surface area contributed by atoms with E-state index in [0.29, 0.717) is 23.2 Å². The van der Waals surface area contributed by atoms with Crippen molar-refractivity contribution in [1.29, 1.82) is 0 Å². The molecule has 2 aromatic rings. The molecule has 2 atom stereocenters. The Bertz CT molecular complexity index is 812. The van der Waals surface area contributed by atoms with Crippen LogP contribution in [0.15, 0.2) is 54.6 Å². The Balaban J connectivity index is 0.000000216. The van der Waals surface area contributed by atoms with E-state index < -0.39 is 5.25 Å². The zero-order valence-electron chi connectivity index (χ0n) is 17.8. The van der Waals surface area contributed by atoms with Gasteiger partial charge in [0.2, 0.25) is 0 Å². The minimum absolute atomic E-state index is 0.188. The highest BCUT2D eigenvalue weighted by Gasteiger charge is 2.35. The van der Waals surface area contributed by atoms with Crippen molar-refractivity contribution in [3.05, 3.63) is 70.7 Å². The third kappa shape index (κ3) is 7.46. The lowest BCUT2D eigenvalue weighted by atomic mass is 9.71. The Kier molecular flexibility index (Phi) is 9.40. The van der Waals surface area contributed by atoms with Crippen LogP contribution in [-0.4, -0.2) is 49.0 Å². The van der Waals surface area contributed by atoms with Crippen molar-refractivity contribution < 1.29 is 9.59 Å². The fraction of sp³-hybridized carbons (Fsp3) is 0.417. The van der Waals surface area contributed by atoms with E-state index in [1.165, 1.54) is 25.1 Å². The Hall–Kier alpha value is -1.82. The van der Waals surface area contributed by atoms with E-state index in [9.17, 15) is 9.59 Å². The van der Waals surface area contributed by atoms with Crippen LogP contribution in [-0.2, 0) is 4.79 Å². The summed E-state index contributed by atoms with van der Waals surface area (Å²) in [6, 6.07) is 17.2. The number of benzene rings is 2. The topological polar surface area (TPSA) is 49.4 Å². The normalized spacial score (nSPS) is 19.2. The van der Waals surface area contributed by atoms with Gasteiger partial charge >= 0.3 is 0 Å². The number of likely N-dealkylation sites (tertiary alicyclic amines) is 1. The molecule has 1 heterocycles. The van der Waals surface area contributed by atoms with Crippen molar-refractivity contribution in [3.63, 3.8) is 0 Å². The van der Waals surface area contributed by atoms with Crippen LogP contribution in [0.2, 0.25) is 5.02 Å². The Morgan fingerprint density at radius 3 is 2.43 bits per heavy atom. The first-order valence-electron chi connectivity index (χ1n) is 10.1. The summed E-state index contributed by atoms with van der Waals surface area (Å²) in [6.07, 6.45) is 1.93. The highest BCUT2D eigenvalue weighted by molar-refractivity contribution is 7.81. The molecule has 2 unspecified atom stereocenters. The Morgan fingerprint density at radius 1 is 1.23 bits per heavy atom. The molecule has 2 aromatic carbocycles. The fourth-order valence-electron chi connectivity index (χ4n) is 3.88. The van der Waals surface area contributed by atoms with Crippen LogP contribution in [0.25, 0.3) is 0 Å². The molecule has 0 aromatic heterocycles. The number of hydrogen-bond donors (Lipinski definition) is 2. The first-order valence-corrected chi connectivity index (χ1v) is 11.0. The van der Waals surface area contributed by atoms with E-state index >= 15 is 0 Å². The van der Waals surface area contributed by atoms with Gasteiger partial charge in [-0.2, -0.15) is 12.6 Å². The summed E-state index contributed by atoms with van der Waals surface area (Å²) < 4.78 is 0. The molecule has 1 aliphatic rings. The fourth-order valence-corrected chi connectivity index (χ4v) is 4.09. The highest BCUT2D eigenvalue weighted by Crippen LogP contribution is 2.41. The maximum absolute atomic E-state index is 11.4. The predicted molar refractivity (Wildman–Crippen MR) is 128 cm³/mol. The zero-order valence-corrected chi connectivity index (χ0v) is 19.5. The van der Waals surface area contributed by atoms with Gasteiger partial charge in [0.1, 0.15) is 6.29 Å². The first kappa shape index (κ1) is 24.4. The van der Waals surface area contributed by atoms with Gasteiger partial charge in [-0.1, -0.05) is 55.8 Å². The summed E-state index contributed by atoms with van der Waals surface area (Å²) in [4.78, 5) is 24.1. The molecule has 3 rings (SSSR count). The summed E-state index contributed by atoms with van der Waals surface area (Å²) in [6.45, 7) is 7.33. The number of aldehydes is 1. The summed E-state index contributed by atoms with van der Waals surface area (Å²) in [5.41, 5.74) is 2.36. The first-order chi connectivity index (χ1) is 14.2. The number of amides is 1. The Labute approximate surface area is 190 Å². The second kappa shape index (κ2) is 11.5. The Morgan fingerprint density at radius 2 is 1.87 bits per heavy atom. The molecule has 0 aliphatic carbocycles. The third-order valence-corrected chi connectivity index (χ3v) is 5.91. The average molecular weight is 447 g/mol. The summed E-state index contributed by atoms with van der Waals surface area (Å²) in [7, 11) is 2.21. The van der Waals surface area contributed by atoms with Crippen LogP contribution in [0, 0.1) is 5.41 Å². The van der Waals surface area contributed by atoms with Crippen LogP contribution in [0.3, 0.4) is 0 Å². The number of halogens is 1. The van der Waals surface area contributed by atoms with E-state index in [4.69, 9.17) is 11.6 Å². The number of carbonyl (C=O) groups is 2. The maximum atomic E-state index is 11.4. The van der Waals surface area contributed by atoms with E-state index in [2.05, 4.69) is 55.9 Å². The van der Waals surface area contributed by atoms with Crippen LogP contribution in [0.4, 0.5) is 0 Å². The summed E-state index contributed by atoms with van der Waals surface area (Å²) in [5.74, 6) is 0.465. The molecule has 4 nitrogen and oxygen atoms in total. The molecule has 0 spiro atoms. The molecule has 0 bridgehead atoms. The van der Waals surface area contributed by atoms with Gasteiger partial charge in [-0.3, -0.25) is 4.79 Å². The second-order valence-electron chi connectivity index (χ2n) is 8.40. The molecule has 1 saturated heterocycles. The quantitative estimate of drug-likeness (QED) is 0.517. The predicted octanol–water partition coefficient (Wildman–Crippen LogP) is 4.70. The van der Waals surface area contributed by atoms with Crippen LogP contribution >= 0.6 is 24.2 Å². The number of nitrogens with zero attached hydrogens (tertiary/aromatic N) is 1. The molecule has 0 radical (unpaired) electrons. The number of carbonyl (C=O) groups excluding carboxylic acids is 2. The smallest absolute Gasteiger partial charge is 0.251 e. The number of hydrogen-bond acceptors (Lipinski definition) is 4. The molecule has 162 valence electrons. The van der Waals surface area contributed by atoms with Gasteiger partial charge < -0.3 is 15.0 Å². The summed E-state index contributed by atoms with van der Waals surface area (Å²) in [5, 5.41) is 2.99. The average Bonchev–Trinajstić information content (AvgIpc) is 2.73. The molecular formula is C24H31ClN2O2S. The van der Waals surface area contributed by atoms with E-state index in [0.717, 1.165) is 5.02 Å². The van der Waals surface area contributed by atoms with Gasteiger partial charge in [-0.05, 0) is 61.2 Å². The standard InChI is InChI=1S/C14H20ClN.C10H11NO2S/c1-14(2)10-16(3)9-8-13(14)11-4-6-12(15)7-5-11;12-7-9(14)6-11-10(13)8-4-2-1-3-5-8/h4-7,13H,8-10H2,1-3H3;1-5,7,9,14H,6H2,(H,11,13). The zero-order chi connectivity index (χ0) is 22.1. The van der Waals surface area contributed by atoms with Crippen molar-refractivity contribution in [2.45, 2.75) is 31.4 Å². The van der Waals surface area contributed by atoms with Crippen molar-refractivity contribution in [2.24, 2.45) is 5.41 Å². The highest BCUT2D eigenvalue weighted by atomic mass is 35.5. The maximum Gasteiger partial charge on any atom is 0.251 e. The van der Waals surface area contributed by atoms with Crippen molar-refractivity contribution in [2.75, 3.05) is 26.7 Å². The van der Waals surface area contributed by atoms with E-state index in [1.54, 1.807) is 24.3 Å². The molecule has 1 N–H and O–H groups in total. The molecule has 6 heteroatoms. The van der Waals surface area contributed by atoms with Crippen molar-refractivity contribution in [1.82, 2.24) is 10.2 Å². The largest absolute Gasteiger partial charge is 0.350 e. The van der Waals surface area contributed by atoms with Gasteiger partial charge in [0.15, 0.2) is 0 Å². The van der Waals surface area contributed by atoms with Gasteiger partial charge in [0, 0.05) is 23.7 Å². The van der Waals surface area contributed by atoms with Crippen LogP contribution < -0.4 is 5.32 Å². The SMILES string of the molecule is CN1CCC(c2ccc(Cl)cc2)C(C)(C)C1.O=CC(S)CNC(=O)c1ccccc1. The van der Waals surface area contributed by atoms with Gasteiger partial charge in [-0.15, -0.1) is 0 Å². The van der Waals surface area contributed by atoms with Crippen LogP contribution in [0.5, 0.6) is 0 Å². The number of rotatable bonds is 5. The van der Waals surface area contributed by atoms with E-state index in [1.807, 2.05) is 18.2 Å². The second-order valence-corrected chi connectivity index (χ2v) is 9.50. The molecule has 1 aliphatic heterocycles. The number of nitrogens with one attached hydrogen (secondary N) is 1. The van der Waals surface area contributed by atoms with Gasteiger partial charge in [0.05, 0.1) is 5.25 Å². The van der Waals surface area contributed by atoms with E-state index in [-0.39, 0.29) is 12.5 Å². The lowest BCUT2D eigenvalue weighted by molar-refractivity contribution is -0.107.